The van der Waals surface area contributed by atoms with Crippen molar-refractivity contribution in [1.82, 2.24) is 14.3 Å². The molecule has 0 aliphatic carbocycles. The highest BCUT2D eigenvalue weighted by molar-refractivity contribution is 7.89. The number of nitriles is 1. The first kappa shape index (κ1) is 26.9. The monoisotopic (exact) mass is 558 g/mol. The summed E-state index contributed by atoms with van der Waals surface area (Å²) >= 11 is 0. The van der Waals surface area contributed by atoms with Crippen LogP contribution in [0.4, 0.5) is 43.8 Å². The molecule has 0 amide bonds. The molecule has 1 aliphatic rings. The second-order valence-electron chi connectivity index (χ2n) is 7.85. The van der Waals surface area contributed by atoms with Crippen molar-refractivity contribution in [3.63, 3.8) is 0 Å². The first-order valence-corrected chi connectivity index (χ1v) is 12.0. The fourth-order valence-corrected chi connectivity index (χ4v) is 4.84. The molecular formula is C22H16F6N6O3S. The Bertz CT molecular complexity index is 1460. The summed E-state index contributed by atoms with van der Waals surface area (Å²) in [6.45, 7) is -0.589. The molecule has 0 unspecified atom stereocenters. The standard InChI is InChI=1S/C22H16F6N6O3S/c23-21(24,25)18-11-19(30-15-3-1-14(12-29)2-4-15)32-20(31-18)33-9-10-34(13-33)38(35,36)17-7-5-16(6-8-17)37-22(26,27)28/h1-8,11H,9-10,13H2,(H,30,31,32). The van der Waals surface area contributed by atoms with E-state index in [4.69, 9.17) is 5.26 Å². The normalized spacial score (nSPS) is 14.8. The van der Waals surface area contributed by atoms with Gasteiger partial charge >= 0.3 is 12.5 Å². The van der Waals surface area contributed by atoms with Crippen molar-refractivity contribution in [1.29, 1.82) is 5.26 Å². The Labute approximate surface area is 211 Å². The summed E-state index contributed by atoms with van der Waals surface area (Å²) in [5, 5.41) is 11.6. The largest absolute Gasteiger partial charge is 0.573 e. The maximum Gasteiger partial charge on any atom is 0.573 e. The average Bonchev–Trinajstić information content (AvgIpc) is 3.35. The second-order valence-corrected chi connectivity index (χ2v) is 9.79. The molecule has 16 heteroatoms. The summed E-state index contributed by atoms with van der Waals surface area (Å²) in [6.07, 6.45) is -9.78. The third kappa shape index (κ3) is 6.23. The van der Waals surface area contributed by atoms with Crippen molar-refractivity contribution in [2.75, 3.05) is 30.0 Å². The number of hydrogen-bond donors (Lipinski definition) is 1. The molecule has 38 heavy (non-hydrogen) atoms. The number of hydrogen-bond acceptors (Lipinski definition) is 8. The van der Waals surface area contributed by atoms with Crippen molar-refractivity contribution >= 4 is 27.5 Å². The van der Waals surface area contributed by atoms with Crippen LogP contribution in [0.2, 0.25) is 0 Å². The Hall–Kier alpha value is -4.10. The number of ether oxygens (including phenoxy) is 1. The van der Waals surface area contributed by atoms with E-state index in [0.717, 1.165) is 28.6 Å². The van der Waals surface area contributed by atoms with Gasteiger partial charge in [0, 0.05) is 24.8 Å². The van der Waals surface area contributed by atoms with E-state index in [0.29, 0.717) is 17.3 Å². The predicted molar refractivity (Wildman–Crippen MR) is 121 cm³/mol. The van der Waals surface area contributed by atoms with Crippen LogP contribution in [0.15, 0.2) is 59.5 Å². The van der Waals surface area contributed by atoms with Crippen molar-refractivity contribution in [2.24, 2.45) is 0 Å². The summed E-state index contributed by atoms with van der Waals surface area (Å²) < 4.78 is 108. The van der Waals surface area contributed by atoms with E-state index in [9.17, 15) is 34.8 Å². The van der Waals surface area contributed by atoms with Gasteiger partial charge in [0.25, 0.3) is 0 Å². The summed E-state index contributed by atoms with van der Waals surface area (Å²) in [5.74, 6) is -1.21. The van der Waals surface area contributed by atoms with E-state index in [1.165, 1.54) is 29.2 Å². The van der Waals surface area contributed by atoms with E-state index in [1.54, 1.807) is 0 Å². The zero-order valence-electron chi connectivity index (χ0n) is 19.0. The van der Waals surface area contributed by atoms with E-state index >= 15 is 0 Å². The lowest BCUT2D eigenvalue weighted by Crippen LogP contribution is -2.32. The van der Waals surface area contributed by atoms with Gasteiger partial charge in [-0.25, -0.2) is 13.4 Å². The molecule has 1 aromatic heterocycles. The van der Waals surface area contributed by atoms with Crippen LogP contribution >= 0.6 is 0 Å². The third-order valence-corrected chi connectivity index (χ3v) is 7.06. The molecule has 2 aromatic carbocycles. The number of rotatable bonds is 6. The molecule has 200 valence electrons. The van der Waals surface area contributed by atoms with E-state index < -0.39 is 40.7 Å². The molecule has 1 fully saturated rings. The van der Waals surface area contributed by atoms with E-state index in [-0.39, 0.29) is 29.8 Å². The first-order valence-electron chi connectivity index (χ1n) is 10.6. The number of nitrogens with one attached hydrogen (secondary N) is 1. The number of nitrogens with zero attached hydrogens (tertiary/aromatic N) is 5. The molecule has 0 spiro atoms. The van der Waals surface area contributed by atoms with Gasteiger partial charge in [-0.05, 0) is 48.5 Å². The van der Waals surface area contributed by atoms with Crippen LogP contribution in [0.25, 0.3) is 0 Å². The number of benzene rings is 2. The minimum absolute atomic E-state index is 0.0495. The molecule has 0 radical (unpaired) electrons. The minimum Gasteiger partial charge on any atom is -0.406 e. The Morgan fingerprint density at radius 2 is 1.61 bits per heavy atom. The van der Waals surface area contributed by atoms with Gasteiger partial charge in [-0.1, -0.05) is 0 Å². The lowest BCUT2D eigenvalue weighted by molar-refractivity contribution is -0.274. The third-order valence-electron chi connectivity index (χ3n) is 5.22. The van der Waals surface area contributed by atoms with Crippen molar-refractivity contribution in [2.45, 2.75) is 17.4 Å². The van der Waals surface area contributed by atoms with Gasteiger partial charge in [0.1, 0.15) is 11.6 Å². The fourth-order valence-electron chi connectivity index (χ4n) is 3.45. The molecule has 9 nitrogen and oxygen atoms in total. The van der Waals surface area contributed by atoms with E-state index in [1.807, 2.05) is 6.07 Å². The maximum absolute atomic E-state index is 13.5. The molecule has 2 heterocycles. The Morgan fingerprint density at radius 3 is 2.18 bits per heavy atom. The predicted octanol–water partition coefficient (Wildman–Crippen LogP) is 4.48. The molecule has 1 aliphatic heterocycles. The lowest BCUT2D eigenvalue weighted by Gasteiger charge is -2.20. The molecule has 4 rings (SSSR count). The number of alkyl halides is 6. The quantitative estimate of drug-likeness (QED) is 0.441. The van der Waals surface area contributed by atoms with Crippen LogP contribution in [0, 0.1) is 11.3 Å². The fraction of sp³-hybridized carbons (Fsp3) is 0.227. The number of aromatic nitrogens is 2. The van der Waals surface area contributed by atoms with Gasteiger partial charge in [0.2, 0.25) is 16.0 Å². The van der Waals surface area contributed by atoms with Crippen LogP contribution in [-0.2, 0) is 16.2 Å². The molecular weight excluding hydrogens is 542 g/mol. The van der Waals surface area contributed by atoms with Gasteiger partial charge < -0.3 is 15.0 Å². The molecule has 1 N–H and O–H groups in total. The molecule has 3 aromatic rings. The zero-order valence-corrected chi connectivity index (χ0v) is 19.8. The first-order chi connectivity index (χ1) is 17.7. The van der Waals surface area contributed by atoms with Crippen LogP contribution in [0.1, 0.15) is 11.3 Å². The zero-order chi connectivity index (χ0) is 27.7. The van der Waals surface area contributed by atoms with Gasteiger partial charge in [-0.3, -0.25) is 0 Å². The lowest BCUT2D eigenvalue weighted by atomic mass is 10.2. The highest BCUT2D eigenvalue weighted by Gasteiger charge is 2.37. The summed E-state index contributed by atoms with van der Waals surface area (Å²) in [6, 6.07) is 12.0. The SMILES string of the molecule is N#Cc1ccc(Nc2cc(C(F)(F)F)nc(N3CCN(S(=O)(=O)c4ccc(OC(F)(F)F)cc4)C3)n2)cc1. The van der Waals surface area contributed by atoms with Gasteiger partial charge in [-0.2, -0.15) is 27.7 Å². The Balaban J connectivity index is 1.56. The average molecular weight is 558 g/mol. The number of anilines is 3. The molecule has 0 atom stereocenters. The Morgan fingerprint density at radius 1 is 0.947 bits per heavy atom. The van der Waals surface area contributed by atoms with Gasteiger partial charge in [-0.15, -0.1) is 13.2 Å². The summed E-state index contributed by atoms with van der Waals surface area (Å²) in [5.41, 5.74) is -0.568. The number of sulfonamides is 1. The highest BCUT2D eigenvalue weighted by atomic mass is 32.2. The molecule has 0 saturated carbocycles. The topological polar surface area (TPSA) is 111 Å². The van der Waals surface area contributed by atoms with E-state index in [2.05, 4.69) is 20.0 Å². The minimum atomic E-state index is -4.95. The second kappa shape index (κ2) is 9.99. The summed E-state index contributed by atoms with van der Waals surface area (Å²) in [7, 11) is -4.21. The molecule has 0 bridgehead atoms. The van der Waals surface area contributed by atoms with Crippen LogP contribution in [0.3, 0.4) is 0 Å². The van der Waals surface area contributed by atoms with Crippen LogP contribution in [0.5, 0.6) is 5.75 Å². The number of halogens is 6. The van der Waals surface area contributed by atoms with Crippen molar-refractivity contribution in [3.05, 3.63) is 65.9 Å². The highest BCUT2D eigenvalue weighted by Crippen LogP contribution is 2.32. The maximum atomic E-state index is 13.5. The van der Waals surface area contributed by atoms with Crippen molar-refractivity contribution < 1.29 is 39.5 Å². The van der Waals surface area contributed by atoms with Gasteiger partial charge in [0.15, 0.2) is 5.69 Å². The smallest absolute Gasteiger partial charge is 0.406 e. The Kier molecular flexibility index (Phi) is 7.08. The van der Waals surface area contributed by atoms with Crippen LogP contribution < -0.4 is 15.0 Å². The molecule has 1 saturated heterocycles. The summed E-state index contributed by atoms with van der Waals surface area (Å²) in [4.78, 5) is 8.54. The van der Waals surface area contributed by atoms with Crippen LogP contribution in [-0.4, -0.2) is 48.8 Å². The van der Waals surface area contributed by atoms with Gasteiger partial charge in [0.05, 0.1) is 23.2 Å². The van der Waals surface area contributed by atoms with Crippen molar-refractivity contribution in [3.8, 4) is 11.8 Å².